The highest BCUT2D eigenvalue weighted by molar-refractivity contribution is 5.36. The number of hydrogen-bond acceptors (Lipinski definition) is 3. The summed E-state index contributed by atoms with van der Waals surface area (Å²) in [6.07, 6.45) is 0. The molecule has 1 atom stereocenters. The van der Waals surface area contributed by atoms with E-state index in [-0.39, 0.29) is 11.9 Å². The largest absolute Gasteiger partial charge is 0.487 e. The number of aryl methyl sites for hydroxylation is 2. The van der Waals surface area contributed by atoms with Crippen molar-refractivity contribution in [1.82, 2.24) is 9.78 Å². The van der Waals surface area contributed by atoms with Crippen molar-refractivity contribution < 1.29 is 9.13 Å². The van der Waals surface area contributed by atoms with Crippen molar-refractivity contribution in [3.05, 3.63) is 47.0 Å². The predicted molar refractivity (Wildman–Crippen MR) is 71.3 cm³/mol. The predicted octanol–water partition coefficient (Wildman–Crippen LogP) is 2.47. The average Bonchev–Trinajstić information content (AvgIpc) is 2.66. The van der Waals surface area contributed by atoms with Crippen LogP contribution in [0.4, 0.5) is 4.39 Å². The van der Waals surface area contributed by atoms with Gasteiger partial charge >= 0.3 is 0 Å². The molecule has 0 spiro atoms. The molecule has 0 radical (unpaired) electrons. The van der Waals surface area contributed by atoms with E-state index in [2.05, 4.69) is 5.10 Å². The summed E-state index contributed by atoms with van der Waals surface area (Å²) in [5.41, 5.74) is 8.38. The van der Waals surface area contributed by atoms with Gasteiger partial charge in [0.15, 0.2) is 0 Å². The van der Waals surface area contributed by atoms with Gasteiger partial charge in [-0.15, -0.1) is 0 Å². The summed E-state index contributed by atoms with van der Waals surface area (Å²) in [6.45, 7) is 4.10. The van der Waals surface area contributed by atoms with Gasteiger partial charge in [-0.3, -0.25) is 4.68 Å². The first-order chi connectivity index (χ1) is 8.97. The number of nitrogens with zero attached hydrogens (tertiary/aromatic N) is 2. The van der Waals surface area contributed by atoms with Gasteiger partial charge in [-0.2, -0.15) is 5.10 Å². The molecule has 0 saturated carbocycles. The SMILES string of the molecule is Cc1cc(COc2ccc(F)cc2C(C)N)n(C)n1. The summed E-state index contributed by atoms with van der Waals surface area (Å²) in [7, 11) is 1.86. The van der Waals surface area contributed by atoms with E-state index in [1.165, 1.54) is 12.1 Å². The van der Waals surface area contributed by atoms with E-state index in [9.17, 15) is 4.39 Å². The summed E-state index contributed by atoms with van der Waals surface area (Å²) in [5.74, 6) is 0.297. The maximum atomic E-state index is 13.2. The summed E-state index contributed by atoms with van der Waals surface area (Å²) in [6, 6.07) is 6.07. The number of rotatable bonds is 4. The molecule has 0 aliphatic heterocycles. The normalized spacial score (nSPS) is 12.5. The van der Waals surface area contributed by atoms with Crippen LogP contribution < -0.4 is 10.5 Å². The average molecular weight is 263 g/mol. The molecule has 2 N–H and O–H groups in total. The van der Waals surface area contributed by atoms with E-state index < -0.39 is 0 Å². The zero-order valence-corrected chi connectivity index (χ0v) is 11.4. The van der Waals surface area contributed by atoms with Gasteiger partial charge in [0.25, 0.3) is 0 Å². The number of benzene rings is 1. The molecule has 5 heteroatoms. The van der Waals surface area contributed by atoms with Crippen molar-refractivity contribution in [2.45, 2.75) is 26.5 Å². The Labute approximate surface area is 112 Å². The van der Waals surface area contributed by atoms with Crippen LogP contribution in [0.1, 0.15) is 29.9 Å². The maximum absolute atomic E-state index is 13.2. The van der Waals surface area contributed by atoms with Crippen LogP contribution in [0.3, 0.4) is 0 Å². The van der Waals surface area contributed by atoms with Gasteiger partial charge in [-0.05, 0) is 38.1 Å². The van der Waals surface area contributed by atoms with E-state index in [1.54, 1.807) is 17.7 Å². The van der Waals surface area contributed by atoms with Gasteiger partial charge in [-0.25, -0.2) is 4.39 Å². The lowest BCUT2D eigenvalue weighted by molar-refractivity contribution is 0.290. The molecule has 4 nitrogen and oxygen atoms in total. The molecule has 1 heterocycles. The van der Waals surface area contributed by atoms with E-state index in [1.807, 2.05) is 20.0 Å². The fourth-order valence-electron chi connectivity index (χ4n) is 1.96. The molecule has 1 unspecified atom stereocenters. The molecule has 2 aromatic rings. The Kier molecular flexibility index (Phi) is 3.85. The van der Waals surface area contributed by atoms with Crippen molar-refractivity contribution in [1.29, 1.82) is 0 Å². The Balaban J connectivity index is 2.17. The molecule has 102 valence electrons. The van der Waals surface area contributed by atoms with Gasteiger partial charge in [0.2, 0.25) is 0 Å². The summed E-state index contributed by atoms with van der Waals surface area (Å²) in [4.78, 5) is 0. The monoisotopic (exact) mass is 263 g/mol. The first-order valence-electron chi connectivity index (χ1n) is 6.14. The summed E-state index contributed by atoms with van der Waals surface area (Å²) >= 11 is 0. The number of ether oxygens (including phenoxy) is 1. The molecule has 0 saturated heterocycles. The van der Waals surface area contributed by atoms with Crippen LogP contribution in [0.2, 0.25) is 0 Å². The van der Waals surface area contributed by atoms with Crippen molar-refractivity contribution in [3.63, 3.8) is 0 Å². The lowest BCUT2D eigenvalue weighted by Crippen LogP contribution is -2.09. The number of nitrogens with two attached hydrogens (primary N) is 1. The Bertz CT molecular complexity index is 578. The standard InChI is InChI=1S/C14H18FN3O/c1-9-6-12(18(3)17-9)8-19-14-5-4-11(15)7-13(14)10(2)16/h4-7,10H,8,16H2,1-3H3. The lowest BCUT2D eigenvalue weighted by atomic mass is 10.1. The molecule has 2 rings (SSSR count). The Morgan fingerprint density at radius 1 is 1.42 bits per heavy atom. The summed E-state index contributed by atoms with van der Waals surface area (Å²) < 4.78 is 20.7. The lowest BCUT2D eigenvalue weighted by Gasteiger charge is -2.14. The third-order valence-corrected chi connectivity index (χ3v) is 2.94. The fraction of sp³-hybridized carbons (Fsp3) is 0.357. The van der Waals surface area contributed by atoms with Crippen molar-refractivity contribution in [2.24, 2.45) is 12.8 Å². The van der Waals surface area contributed by atoms with E-state index in [0.717, 1.165) is 11.4 Å². The topological polar surface area (TPSA) is 53.1 Å². The van der Waals surface area contributed by atoms with Crippen LogP contribution in [0.15, 0.2) is 24.3 Å². The van der Waals surface area contributed by atoms with Gasteiger partial charge in [0.1, 0.15) is 18.2 Å². The molecule has 0 bridgehead atoms. The number of aromatic nitrogens is 2. The molecular weight excluding hydrogens is 245 g/mol. The first-order valence-corrected chi connectivity index (χ1v) is 6.14. The minimum atomic E-state index is -0.309. The first kappa shape index (κ1) is 13.5. The van der Waals surface area contributed by atoms with E-state index in [4.69, 9.17) is 10.5 Å². The van der Waals surface area contributed by atoms with Crippen LogP contribution in [-0.2, 0) is 13.7 Å². The van der Waals surface area contributed by atoms with Gasteiger partial charge in [0.05, 0.1) is 11.4 Å². The van der Waals surface area contributed by atoms with Crippen LogP contribution in [0, 0.1) is 12.7 Å². The Morgan fingerprint density at radius 2 is 2.16 bits per heavy atom. The summed E-state index contributed by atoms with van der Waals surface area (Å²) in [5, 5.41) is 4.25. The van der Waals surface area contributed by atoms with Crippen molar-refractivity contribution >= 4 is 0 Å². The highest BCUT2D eigenvalue weighted by Gasteiger charge is 2.11. The molecule has 0 aliphatic carbocycles. The maximum Gasteiger partial charge on any atom is 0.130 e. The molecule has 19 heavy (non-hydrogen) atoms. The minimum Gasteiger partial charge on any atom is -0.487 e. The molecule has 1 aromatic heterocycles. The minimum absolute atomic E-state index is 0.279. The third-order valence-electron chi connectivity index (χ3n) is 2.94. The van der Waals surface area contributed by atoms with E-state index >= 15 is 0 Å². The Hall–Kier alpha value is -1.88. The second-order valence-electron chi connectivity index (χ2n) is 4.66. The van der Waals surface area contributed by atoms with E-state index in [0.29, 0.717) is 17.9 Å². The fourth-order valence-corrected chi connectivity index (χ4v) is 1.96. The van der Waals surface area contributed by atoms with Crippen LogP contribution >= 0.6 is 0 Å². The molecule has 1 aromatic carbocycles. The molecule has 0 aliphatic rings. The van der Waals surface area contributed by atoms with Gasteiger partial charge < -0.3 is 10.5 Å². The second kappa shape index (κ2) is 5.40. The highest BCUT2D eigenvalue weighted by Crippen LogP contribution is 2.25. The zero-order chi connectivity index (χ0) is 14.0. The zero-order valence-electron chi connectivity index (χ0n) is 11.4. The molecule has 0 fully saturated rings. The van der Waals surface area contributed by atoms with Crippen molar-refractivity contribution in [2.75, 3.05) is 0 Å². The van der Waals surface area contributed by atoms with Gasteiger partial charge in [-0.1, -0.05) is 0 Å². The van der Waals surface area contributed by atoms with Crippen LogP contribution in [0.25, 0.3) is 0 Å². The smallest absolute Gasteiger partial charge is 0.130 e. The Morgan fingerprint density at radius 3 is 2.74 bits per heavy atom. The quantitative estimate of drug-likeness (QED) is 0.922. The van der Waals surface area contributed by atoms with Crippen molar-refractivity contribution in [3.8, 4) is 5.75 Å². The number of halogens is 1. The molecular formula is C14H18FN3O. The van der Waals surface area contributed by atoms with Gasteiger partial charge in [0, 0.05) is 18.7 Å². The van der Waals surface area contributed by atoms with Crippen LogP contribution in [-0.4, -0.2) is 9.78 Å². The van der Waals surface area contributed by atoms with Crippen LogP contribution in [0.5, 0.6) is 5.75 Å². The third kappa shape index (κ3) is 3.12. The second-order valence-corrected chi connectivity index (χ2v) is 4.66. The molecule has 0 amide bonds. The number of hydrogen-bond donors (Lipinski definition) is 1. The highest BCUT2D eigenvalue weighted by atomic mass is 19.1.